The highest BCUT2D eigenvalue weighted by atomic mass is 32.2. The number of benzene rings is 1. The summed E-state index contributed by atoms with van der Waals surface area (Å²) in [6, 6.07) is 1.86. The van der Waals surface area contributed by atoms with Gasteiger partial charge in [-0.1, -0.05) is 0 Å². The van der Waals surface area contributed by atoms with E-state index in [0.29, 0.717) is 24.9 Å². The Labute approximate surface area is 111 Å². The van der Waals surface area contributed by atoms with Crippen molar-refractivity contribution in [2.24, 2.45) is 0 Å². The van der Waals surface area contributed by atoms with Gasteiger partial charge < -0.3 is 10.8 Å². The number of anilines is 1. The maximum Gasteiger partial charge on any atom is 0.243 e. The number of nitrogens with two attached hydrogens (primary N) is 1. The summed E-state index contributed by atoms with van der Waals surface area (Å²) < 4.78 is 39.6. The van der Waals surface area contributed by atoms with E-state index in [-0.39, 0.29) is 17.2 Å². The first-order valence-corrected chi connectivity index (χ1v) is 7.50. The van der Waals surface area contributed by atoms with Gasteiger partial charge in [-0.25, -0.2) is 12.8 Å². The molecule has 0 spiro atoms. The number of halogens is 1. The van der Waals surface area contributed by atoms with Crippen LogP contribution in [0.5, 0.6) is 0 Å². The Hall–Kier alpha value is -1.18. The van der Waals surface area contributed by atoms with Crippen LogP contribution in [0.15, 0.2) is 17.0 Å². The van der Waals surface area contributed by atoms with E-state index in [4.69, 9.17) is 5.73 Å². The molecular weight excluding hydrogens is 271 g/mol. The molecule has 1 aromatic carbocycles. The fraction of sp³-hybridized carbons (Fsp3) is 0.500. The highest BCUT2D eigenvalue weighted by Gasteiger charge is 2.35. The molecule has 0 saturated carbocycles. The summed E-state index contributed by atoms with van der Waals surface area (Å²) >= 11 is 0. The molecule has 2 rings (SSSR count). The van der Waals surface area contributed by atoms with Crippen molar-refractivity contribution >= 4 is 15.7 Å². The van der Waals surface area contributed by atoms with Crippen molar-refractivity contribution in [3.63, 3.8) is 0 Å². The molecule has 0 radical (unpaired) electrons. The molecule has 19 heavy (non-hydrogen) atoms. The minimum atomic E-state index is -3.74. The van der Waals surface area contributed by atoms with Crippen molar-refractivity contribution in [3.8, 4) is 0 Å². The lowest BCUT2D eigenvalue weighted by Crippen LogP contribution is -2.37. The first kappa shape index (κ1) is 14.2. The van der Waals surface area contributed by atoms with Crippen LogP contribution >= 0.6 is 0 Å². The average Bonchev–Trinajstić information content (AvgIpc) is 2.82. The standard InChI is InChI=1S/C12H17FN2O3S/c1-8-5-10(13)11(14)6-12(8)19(17,18)15-4-2-3-9(15)7-16/h5-6,9,16H,2-4,7,14H2,1H3/t9-/m1/s1. The molecule has 5 nitrogen and oxygen atoms in total. The molecule has 0 unspecified atom stereocenters. The molecule has 3 N–H and O–H groups in total. The van der Waals surface area contributed by atoms with Crippen LogP contribution in [0.2, 0.25) is 0 Å². The molecule has 1 aliphatic rings. The van der Waals surface area contributed by atoms with E-state index in [0.717, 1.165) is 12.1 Å². The van der Waals surface area contributed by atoms with Gasteiger partial charge in [0, 0.05) is 12.6 Å². The highest BCUT2D eigenvalue weighted by molar-refractivity contribution is 7.89. The molecule has 1 fully saturated rings. The van der Waals surface area contributed by atoms with Gasteiger partial charge in [0.2, 0.25) is 10.0 Å². The fourth-order valence-electron chi connectivity index (χ4n) is 2.38. The Morgan fingerprint density at radius 1 is 1.53 bits per heavy atom. The number of sulfonamides is 1. The predicted molar refractivity (Wildman–Crippen MR) is 69.5 cm³/mol. The molecule has 1 aliphatic heterocycles. The molecule has 0 amide bonds. The Morgan fingerprint density at radius 2 is 2.21 bits per heavy atom. The van der Waals surface area contributed by atoms with Gasteiger partial charge in [0.15, 0.2) is 0 Å². The minimum Gasteiger partial charge on any atom is -0.396 e. The molecule has 1 aromatic rings. The second-order valence-corrected chi connectivity index (χ2v) is 6.59. The van der Waals surface area contributed by atoms with Crippen molar-refractivity contribution in [3.05, 3.63) is 23.5 Å². The number of aliphatic hydroxyl groups excluding tert-OH is 1. The number of rotatable bonds is 3. The average molecular weight is 288 g/mol. The quantitative estimate of drug-likeness (QED) is 0.808. The lowest BCUT2D eigenvalue weighted by Gasteiger charge is -2.23. The van der Waals surface area contributed by atoms with Crippen LogP contribution in [-0.4, -0.2) is 37.0 Å². The van der Waals surface area contributed by atoms with Gasteiger partial charge in [-0.15, -0.1) is 0 Å². The van der Waals surface area contributed by atoms with Crippen LogP contribution in [0.25, 0.3) is 0 Å². The van der Waals surface area contributed by atoms with Crippen LogP contribution < -0.4 is 5.73 Å². The molecule has 106 valence electrons. The van der Waals surface area contributed by atoms with Crippen molar-refractivity contribution < 1.29 is 17.9 Å². The molecule has 1 heterocycles. The summed E-state index contributed by atoms with van der Waals surface area (Å²) in [4.78, 5) is 0.00625. The molecule has 0 bridgehead atoms. The Bertz CT molecular complexity index is 589. The van der Waals surface area contributed by atoms with E-state index in [2.05, 4.69) is 0 Å². The number of nitrogens with zero attached hydrogens (tertiary/aromatic N) is 1. The highest BCUT2D eigenvalue weighted by Crippen LogP contribution is 2.29. The maximum atomic E-state index is 13.3. The molecule has 1 atom stereocenters. The number of aryl methyl sites for hydroxylation is 1. The number of hydrogen-bond donors (Lipinski definition) is 2. The van der Waals surface area contributed by atoms with Crippen molar-refractivity contribution in [1.29, 1.82) is 0 Å². The number of aliphatic hydroxyl groups is 1. The third kappa shape index (κ3) is 2.45. The van der Waals surface area contributed by atoms with E-state index in [9.17, 15) is 17.9 Å². The third-order valence-corrected chi connectivity index (χ3v) is 5.51. The van der Waals surface area contributed by atoms with Gasteiger partial charge >= 0.3 is 0 Å². The van der Waals surface area contributed by atoms with Crippen molar-refractivity contribution in [2.45, 2.75) is 30.7 Å². The molecular formula is C12H17FN2O3S. The van der Waals surface area contributed by atoms with Crippen LogP contribution in [0, 0.1) is 12.7 Å². The number of hydrogen-bond acceptors (Lipinski definition) is 4. The summed E-state index contributed by atoms with van der Waals surface area (Å²) in [5, 5.41) is 9.22. The Morgan fingerprint density at radius 3 is 2.84 bits per heavy atom. The molecule has 1 saturated heterocycles. The van der Waals surface area contributed by atoms with Gasteiger partial charge in [0.05, 0.1) is 17.2 Å². The fourth-order valence-corrected chi connectivity index (χ4v) is 4.31. The van der Waals surface area contributed by atoms with E-state index in [1.54, 1.807) is 0 Å². The summed E-state index contributed by atoms with van der Waals surface area (Å²) in [5.74, 6) is -0.628. The topological polar surface area (TPSA) is 83.6 Å². The largest absolute Gasteiger partial charge is 0.396 e. The monoisotopic (exact) mass is 288 g/mol. The molecule has 0 aromatic heterocycles. The minimum absolute atomic E-state index is 0.00625. The summed E-state index contributed by atoms with van der Waals surface area (Å²) in [6.45, 7) is 1.68. The number of nitrogen functional groups attached to an aromatic ring is 1. The first-order valence-electron chi connectivity index (χ1n) is 6.06. The predicted octanol–water partition coefficient (Wildman–Crippen LogP) is 0.862. The van der Waals surface area contributed by atoms with E-state index >= 15 is 0 Å². The second kappa shape index (κ2) is 5.07. The molecule has 0 aliphatic carbocycles. The van der Waals surface area contributed by atoms with Gasteiger partial charge in [-0.2, -0.15) is 4.31 Å². The van der Waals surface area contributed by atoms with E-state index < -0.39 is 21.9 Å². The normalized spacial score (nSPS) is 20.9. The third-order valence-electron chi connectivity index (χ3n) is 3.41. The van der Waals surface area contributed by atoms with Gasteiger partial charge in [0.1, 0.15) is 5.82 Å². The van der Waals surface area contributed by atoms with E-state index in [1.807, 2.05) is 0 Å². The van der Waals surface area contributed by atoms with Crippen molar-refractivity contribution in [2.75, 3.05) is 18.9 Å². The second-order valence-electron chi connectivity index (χ2n) is 4.73. The van der Waals surface area contributed by atoms with Crippen molar-refractivity contribution in [1.82, 2.24) is 4.31 Å². The Balaban J connectivity index is 2.48. The summed E-state index contributed by atoms with van der Waals surface area (Å²) in [5.41, 5.74) is 5.57. The zero-order chi connectivity index (χ0) is 14.2. The van der Waals surface area contributed by atoms with Crippen LogP contribution in [0.3, 0.4) is 0 Å². The van der Waals surface area contributed by atoms with Gasteiger partial charge in [0.25, 0.3) is 0 Å². The van der Waals surface area contributed by atoms with Gasteiger partial charge in [-0.05, 0) is 37.5 Å². The lowest BCUT2D eigenvalue weighted by atomic mass is 10.2. The van der Waals surface area contributed by atoms with Crippen LogP contribution in [0.4, 0.5) is 10.1 Å². The van der Waals surface area contributed by atoms with Crippen LogP contribution in [0.1, 0.15) is 18.4 Å². The molecule has 7 heteroatoms. The first-order chi connectivity index (χ1) is 8.87. The maximum absolute atomic E-state index is 13.3. The summed E-state index contributed by atoms with van der Waals surface area (Å²) in [7, 11) is -3.74. The smallest absolute Gasteiger partial charge is 0.243 e. The van der Waals surface area contributed by atoms with E-state index in [1.165, 1.54) is 11.2 Å². The Kier molecular flexibility index (Phi) is 3.80. The van der Waals surface area contributed by atoms with Crippen LogP contribution in [-0.2, 0) is 10.0 Å². The zero-order valence-corrected chi connectivity index (χ0v) is 11.5. The SMILES string of the molecule is Cc1cc(F)c(N)cc1S(=O)(=O)N1CCC[C@@H]1CO. The zero-order valence-electron chi connectivity index (χ0n) is 10.6. The van der Waals surface area contributed by atoms with Gasteiger partial charge in [-0.3, -0.25) is 0 Å². The summed E-state index contributed by atoms with van der Waals surface area (Å²) in [6.07, 6.45) is 1.34. The lowest BCUT2D eigenvalue weighted by molar-refractivity contribution is 0.213.